The van der Waals surface area contributed by atoms with Gasteiger partial charge in [-0.15, -0.1) is 0 Å². The third kappa shape index (κ3) is 1.52. The van der Waals surface area contributed by atoms with Crippen molar-refractivity contribution in [1.29, 1.82) is 0 Å². The number of anilines is 1. The van der Waals surface area contributed by atoms with Crippen LogP contribution in [0.25, 0.3) is 5.69 Å². The Hall–Kier alpha value is -2.37. The van der Waals surface area contributed by atoms with Gasteiger partial charge in [0.15, 0.2) is 0 Å². The molecule has 0 aliphatic heterocycles. The standard InChI is InChI=1S/C9H8N4O2/c10-8-7(9(14)15)5-12-13(8)6-1-3-11-4-2-6/h1-5H,10H2,(H,14,15). The largest absolute Gasteiger partial charge is 0.477 e. The summed E-state index contributed by atoms with van der Waals surface area (Å²) in [6, 6.07) is 3.38. The number of aromatic carboxylic acids is 1. The van der Waals surface area contributed by atoms with Gasteiger partial charge in [-0.2, -0.15) is 5.10 Å². The summed E-state index contributed by atoms with van der Waals surface area (Å²) in [7, 11) is 0. The highest BCUT2D eigenvalue weighted by atomic mass is 16.4. The molecule has 0 aromatic carbocycles. The first-order valence-corrected chi connectivity index (χ1v) is 4.17. The molecular weight excluding hydrogens is 196 g/mol. The molecule has 0 saturated carbocycles. The molecule has 2 aromatic heterocycles. The van der Waals surface area contributed by atoms with Gasteiger partial charge in [-0.05, 0) is 12.1 Å². The molecule has 0 aliphatic carbocycles. The Morgan fingerprint density at radius 2 is 2.07 bits per heavy atom. The molecule has 0 radical (unpaired) electrons. The van der Waals surface area contributed by atoms with Gasteiger partial charge in [0.05, 0.1) is 11.9 Å². The molecule has 6 nitrogen and oxygen atoms in total. The second-order valence-electron chi connectivity index (χ2n) is 2.87. The molecule has 2 heterocycles. The van der Waals surface area contributed by atoms with Crippen LogP contribution in [0.2, 0.25) is 0 Å². The summed E-state index contributed by atoms with van der Waals surface area (Å²) in [6.07, 6.45) is 4.38. The maximum atomic E-state index is 10.7. The zero-order chi connectivity index (χ0) is 10.8. The predicted molar refractivity (Wildman–Crippen MR) is 52.7 cm³/mol. The number of rotatable bonds is 2. The lowest BCUT2D eigenvalue weighted by molar-refractivity contribution is 0.0698. The van der Waals surface area contributed by atoms with E-state index in [1.54, 1.807) is 24.5 Å². The minimum Gasteiger partial charge on any atom is -0.477 e. The van der Waals surface area contributed by atoms with Crippen molar-refractivity contribution >= 4 is 11.8 Å². The van der Waals surface area contributed by atoms with Crippen LogP contribution in [0.3, 0.4) is 0 Å². The highest BCUT2D eigenvalue weighted by Gasteiger charge is 2.14. The van der Waals surface area contributed by atoms with Gasteiger partial charge in [0.1, 0.15) is 11.4 Å². The summed E-state index contributed by atoms with van der Waals surface area (Å²) in [5.74, 6) is -0.985. The molecule has 2 rings (SSSR count). The van der Waals surface area contributed by atoms with Crippen molar-refractivity contribution in [3.63, 3.8) is 0 Å². The van der Waals surface area contributed by atoms with Crippen LogP contribution >= 0.6 is 0 Å². The molecule has 0 aliphatic rings. The molecule has 0 fully saturated rings. The Bertz CT molecular complexity index is 492. The Morgan fingerprint density at radius 1 is 1.40 bits per heavy atom. The first-order valence-electron chi connectivity index (χ1n) is 4.17. The number of nitrogens with two attached hydrogens (primary N) is 1. The maximum Gasteiger partial charge on any atom is 0.341 e. The number of pyridine rings is 1. The number of carbonyl (C=O) groups is 1. The van der Waals surface area contributed by atoms with Crippen molar-refractivity contribution in [2.24, 2.45) is 0 Å². The normalized spacial score (nSPS) is 10.1. The van der Waals surface area contributed by atoms with Crippen LogP contribution < -0.4 is 5.73 Å². The summed E-state index contributed by atoms with van der Waals surface area (Å²) in [5.41, 5.74) is 6.30. The molecular formula is C9H8N4O2. The minimum absolute atomic E-state index is 0.00758. The summed E-state index contributed by atoms with van der Waals surface area (Å²) in [6.45, 7) is 0. The molecule has 6 heteroatoms. The van der Waals surface area contributed by atoms with Gasteiger partial charge in [-0.1, -0.05) is 0 Å². The average molecular weight is 204 g/mol. The Labute approximate surface area is 85.0 Å². The fraction of sp³-hybridized carbons (Fsp3) is 0. The quantitative estimate of drug-likeness (QED) is 0.744. The average Bonchev–Trinajstić information content (AvgIpc) is 2.61. The van der Waals surface area contributed by atoms with Crippen molar-refractivity contribution in [3.05, 3.63) is 36.3 Å². The molecule has 0 spiro atoms. The van der Waals surface area contributed by atoms with Crippen molar-refractivity contribution < 1.29 is 9.90 Å². The van der Waals surface area contributed by atoms with Crippen molar-refractivity contribution in [2.45, 2.75) is 0 Å². The molecule has 3 N–H and O–H groups in total. The fourth-order valence-corrected chi connectivity index (χ4v) is 1.21. The van der Waals surface area contributed by atoms with Crippen LogP contribution in [-0.4, -0.2) is 25.8 Å². The highest BCUT2D eigenvalue weighted by Crippen LogP contribution is 2.15. The van der Waals surface area contributed by atoms with E-state index in [0.717, 1.165) is 0 Å². The van der Waals surface area contributed by atoms with E-state index in [9.17, 15) is 4.79 Å². The van der Waals surface area contributed by atoms with Gasteiger partial charge < -0.3 is 10.8 Å². The van der Waals surface area contributed by atoms with Crippen molar-refractivity contribution in [1.82, 2.24) is 14.8 Å². The Morgan fingerprint density at radius 3 is 2.60 bits per heavy atom. The fourth-order valence-electron chi connectivity index (χ4n) is 1.21. The molecule has 2 aromatic rings. The van der Waals surface area contributed by atoms with Gasteiger partial charge in [0, 0.05) is 12.4 Å². The summed E-state index contributed by atoms with van der Waals surface area (Å²) in [4.78, 5) is 14.6. The van der Waals surface area contributed by atoms with Gasteiger partial charge in [-0.3, -0.25) is 4.98 Å². The Kier molecular flexibility index (Phi) is 2.09. The number of aromatic nitrogens is 3. The lowest BCUT2D eigenvalue weighted by atomic mass is 10.3. The predicted octanol–water partition coefficient (Wildman–Crippen LogP) is 0.548. The molecule has 76 valence electrons. The van der Waals surface area contributed by atoms with Crippen LogP contribution in [-0.2, 0) is 0 Å². The van der Waals surface area contributed by atoms with Crippen LogP contribution in [0, 0.1) is 0 Å². The third-order valence-corrected chi connectivity index (χ3v) is 1.94. The van der Waals surface area contributed by atoms with E-state index in [1.165, 1.54) is 10.9 Å². The highest BCUT2D eigenvalue weighted by molar-refractivity contribution is 5.92. The monoisotopic (exact) mass is 204 g/mol. The van der Waals surface area contributed by atoms with Crippen LogP contribution in [0.4, 0.5) is 5.82 Å². The summed E-state index contributed by atoms with van der Waals surface area (Å²) < 4.78 is 1.35. The topological polar surface area (TPSA) is 94.0 Å². The van der Waals surface area contributed by atoms with Crippen molar-refractivity contribution in [2.75, 3.05) is 5.73 Å². The van der Waals surface area contributed by atoms with Crippen LogP contribution in [0.1, 0.15) is 10.4 Å². The number of carboxylic acids is 1. The second-order valence-corrected chi connectivity index (χ2v) is 2.87. The zero-order valence-electron chi connectivity index (χ0n) is 7.66. The molecule has 0 unspecified atom stereocenters. The first-order chi connectivity index (χ1) is 7.20. The number of hydrogen-bond acceptors (Lipinski definition) is 4. The van der Waals surface area contributed by atoms with E-state index in [2.05, 4.69) is 10.1 Å². The smallest absolute Gasteiger partial charge is 0.341 e. The number of nitrogen functional groups attached to an aromatic ring is 1. The van der Waals surface area contributed by atoms with Crippen molar-refractivity contribution in [3.8, 4) is 5.69 Å². The molecule has 15 heavy (non-hydrogen) atoms. The van der Waals surface area contributed by atoms with Gasteiger partial charge in [0.25, 0.3) is 0 Å². The molecule has 0 bridgehead atoms. The number of carboxylic acid groups (broad SMARTS) is 1. The van der Waals surface area contributed by atoms with E-state index in [1.807, 2.05) is 0 Å². The zero-order valence-corrected chi connectivity index (χ0v) is 7.66. The van der Waals surface area contributed by atoms with E-state index < -0.39 is 5.97 Å². The first kappa shape index (κ1) is 9.20. The summed E-state index contributed by atoms with van der Waals surface area (Å²) in [5, 5.41) is 12.7. The van der Waals surface area contributed by atoms with Gasteiger partial charge in [-0.25, -0.2) is 9.48 Å². The van der Waals surface area contributed by atoms with Crippen LogP contribution in [0.5, 0.6) is 0 Å². The van der Waals surface area contributed by atoms with E-state index in [-0.39, 0.29) is 11.4 Å². The SMILES string of the molecule is Nc1c(C(=O)O)cnn1-c1ccncc1. The minimum atomic E-state index is -1.09. The molecule has 0 atom stereocenters. The molecule has 0 saturated heterocycles. The lowest BCUT2D eigenvalue weighted by Crippen LogP contribution is -2.05. The summed E-state index contributed by atoms with van der Waals surface area (Å²) >= 11 is 0. The third-order valence-electron chi connectivity index (χ3n) is 1.94. The van der Waals surface area contributed by atoms with Gasteiger partial charge >= 0.3 is 5.97 Å². The number of hydrogen-bond donors (Lipinski definition) is 2. The van der Waals surface area contributed by atoms with Gasteiger partial charge in [0.2, 0.25) is 0 Å². The second kappa shape index (κ2) is 3.41. The van der Waals surface area contributed by atoms with E-state index in [0.29, 0.717) is 5.69 Å². The Balaban J connectivity index is 2.52. The maximum absolute atomic E-state index is 10.7. The molecule has 0 amide bonds. The number of nitrogens with zero attached hydrogens (tertiary/aromatic N) is 3. The van der Waals surface area contributed by atoms with E-state index >= 15 is 0 Å². The lowest BCUT2D eigenvalue weighted by Gasteiger charge is -2.02. The van der Waals surface area contributed by atoms with E-state index in [4.69, 9.17) is 10.8 Å². The van der Waals surface area contributed by atoms with Crippen LogP contribution in [0.15, 0.2) is 30.7 Å².